The summed E-state index contributed by atoms with van der Waals surface area (Å²) in [4.78, 5) is 0. The molecule has 0 saturated heterocycles. The highest BCUT2D eigenvalue weighted by atomic mass is 19.1. The van der Waals surface area contributed by atoms with E-state index in [2.05, 4.69) is 31.2 Å². The van der Waals surface area contributed by atoms with E-state index in [1.807, 2.05) is 19.1 Å². The molecular formula is C27H28F2. The van der Waals surface area contributed by atoms with Crippen LogP contribution in [-0.2, 0) is 0 Å². The fourth-order valence-electron chi connectivity index (χ4n) is 4.44. The van der Waals surface area contributed by atoms with E-state index in [-0.39, 0.29) is 11.6 Å². The van der Waals surface area contributed by atoms with Gasteiger partial charge in [-0.2, -0.15) is 0 Å². The number of aryl methyl sites for hydroxylation is 1. The number of rotatable bonds is 3. The summed E-state index contributed by atoms with van der Waals surface area (Å²) in [6.07, 6.45) is 5.13. The molecular weight excluding hydrogens is 362 g/mol. The van der Waals surface area contributed by atoms with Gasteiger partial charge in [-0.1, -0.05) is 62.2 Å². The fraction of sp³-hybridized carbons (Fsp3) is 0.333. The van der Waals surface area contributed by atoms with Crippen LogP contribution < -0.4 is 0 Å². The Morgan fingerprint density at radius 2 is 1.31 bits per heavy atom. The van der Waals surface area contributed by atoms with E-state index in [4.69, 9.17) is 0 Å². The first-order chi connectivity index (χ1) is 13.9. The Hall–Kier alpha value is -2.48. The molecule has 2 heteroatoms. The fourth-order valence-corrected chi connectivity index (χ4v) is 4.44. The first-order valence-corrected chi connectivity index (χ1v) is 10.6. The van der Waals surface area contributed by atoms with Crippen molar-refractivity contribution in [1.29, 1.82) is 0 Å². The molecule has 0 heterocycles. The van der Waals surface area contributed by atoms with Crippen LogP contribution in [0.3, 0.4) is 0 Å². The van der Waals surface area contributed by atoms with Crippen LogP contribution in [0, 0.1) is 31.4 Å². The van der Waals surface area contributed by atoms with E-state index in [1.54, 1.807) is 19.1 Å². The lowest BCUT2D eigenvalue weighted by Crippen LogP contribution is -2.10. The number of hydrogen-bond acceptors (Lipinski definition) is 0. The van der Waals surface area contributed by atoms with Gasteiger partial charge in [0.15, 0.2) is 0 Å². The lowest BCUT2D eigenvalue weighted by atomic mass is 9.79. The molecule has 1 aliphatic rings. The lowest BCUT2D eigenvalue weighted by molar-refractivity contribution is 0.348. The SMILES string of the molecule is Cc1cc(-c2ccc(-c3ccc(C4CCC(C)CC4)cc3)cc2F)cc(F)c1C. The summed E-state index contributed by atoms with van der Waals surface area (Å²) < 4.78 is 29.0. The Bertz CT molecular complexity index is 986. The predicted octanol–water partition coefficient (Wildman–Crippen LogP) is 8.21. The van der Waals surface area contributed by atoms with Gasteiger partial charge in [0.25, 0.3) is 0 Å². The smallest absolute Gasteiger partial charge is 0.131 e. The van der Waals surface area contributed by atoms with E-state index >= 15 is 0 Å². The van der Waals surface area contributed by atoms with Gasteiger partial charge < -0.3 is 0 Å². The van der Waals surface area contributed by atoms with Crippen LogP contribution in [0.1, 0.15) is 55.2 Å². The van der Waals surface area contributed by atoms with Crippen molar-refractivity contribution in [1.82, 2.24) is 0 Å². The van der Waals surface area contributed by atoms with Crippen molar-refractivity contribution in [3.8, 4) is 22.3 Å². The van der Waals surface area contributed by atoms with Crippen molar-refractivity contribution in [3.63, 3.8) is 0 Å². The summed E-state index contributed by atoms with van der Waals surface area (Å²) in [6, 6.07) is 17.1. The highest BCUT2D eigenvalue weighted by Crippen LogP contribution is 2.36. The molecule has 0 spiro atoms. The minimum atomic E-state index is -0.324. The highest BCUT2D eigenvalue weighted by molar-refractivity contribution is 5.72. The first kappa shape index (κ1) is 19.8. The predicted molar refractivity (Wildman–Crippen MR) is 117 cm³/mol. The molecule has 0 aromatic heterocycles. The van der Waals surface area contributed by atoms with Gasteiger partial charge in [0.2, 0.25) is 0 Å². The molecule has 1 aliphatic carbocycles. The van der Waals surface area contributed by atoms with Crippen LogP contribution in [0.2, 0.25) is 0 Å². The largest absolute Gasteiger partial charge is 0.207 e. The summed E-state index contributed by atoms with van der Waals surface area (Å²) in [5, 5.41) is 0. The van der Waals surface area contributed by atoms with Crippen molar-refractivity contribution in [2.45, 2.75) is 52.4 Å². The van der Waals surface area contributed by atoms with Crippen molar-refractivity contribution in [3.05, 3.63) is 82.9 Å². The first-order valence-electron chi connectivity index (χ1n) is 10.6. The van der Waals surface area contributed by atoms with E-state index in [0.717, 1.165) is 22.6 Å². The second-order valence-electron chi connectivity index (χ2n) is 8.67. The average Bonchev–Trinajstić information content (AvgIpc) is 2.72. The van der Waals surface area contributed by atoms with Crippen LogP contribution >= 0.6 is 0 Å². The van der Waals surface area contributed by atoms with Gasteiger partial charge >= 0.3 is 0 Å². The van der Waals surface area contributed by atoms with E-state index < -0.39 is 0 Å². The minimum absolute atomic E-state index is 0.295. The zero-order valence-electron chi connectivity index (χ0n) is 17.4. The van der Waals surface area contributed by atoms with Crippen molar-refractivity contribution >= 4 is 0 Å². The van der Waals surface area contributed by atoms with Gasteiger partial charge in [-0.05, 0) is 84.0 Å². The zero-order valence-corrected chi connectivity index (χ0v) is 17.4. The third-order valence-electron chi connectivity index (χ3n) is 6.62. The molecule has 0 radical (unpaired) electrons. The quantitative estimate of drug-likeness (QED) is 0.423. The van der Waals surface area contributed by atoms with Crippen molar-refractivity contribution in [2.24, 2.45) is 5.92 Å². The third-order valence-corrected chi connectivity index (χ3v) is 6.62. The molecule has 0 bridgehead atoms. The van der Waals surface area contributed by atoms with Crippen LogP contribution in [0.4, 0.5) is 8.78 Å². The Balaban J connectivity index is 1.58. The highest BCUT2D eigenvalue weighted by Gasteiger charge is 2.19. The van der Waals surface area contributed by atoms with Gasteiger partial charge in [-0.15, -0.1) is 0 Å². The third kappa shape index (κ3) is 4.12. The number of halogens is 2. The molecule has 1 saturated carbocycles. The molecule has 0 nitrogen and oxygen atoms in total. The van der Waals surface area contributed by atoms with Crippen molar-refractivity contribution < 1.29 is 8.78 Å². The second kappa shape index (κ2) is 8.10. The summed E-state index contributed by atoms with van der Waals surface area (Å²) in [7, 11) is 0. The Kier molecular flexibility index (Phi) is 5.54. The molecule has 3 aromatic carbocycles. The monoisotopic (exact) mass is 390 g/mol. The molecule has 0 N–H and O–H groups in total. The maximum atomic E-state index is 14.9. The summed E-state index contributed by atoms with van der Waals surface area (Å²) >= 11 is 0. The van der Waals surface area contributed by atoms with Gasteiger partial charge in [0.1, 0.15) is 11.6 Å². The summed E-state index contributed by atoms with van der Waals surface area (Å²) in [5.74, 6) is 0.878. The van der Waals surface area contributed by atoms with Crippen LogP contribution in [-0.4, -0.2) is 0 Å². The molecule has 3 aromatic rings. The topological polar surface area (TPSA) is 0 Å². The normalized spacial score (nSPS) is 19.3. The molecule has 29 heavy (non-hydrogen) atoms. The average molecular weight is 391 g/mol. The van der Waals surface area contributed by atoms with Gasteiger partial charge in [-0.25, -0.2) is 8.78 Å². The molecule has 0 amide bonds. The zero-order chi connectivity index (χ0) is 20.5. The molecule has 0 aliphatic heterocycles. The molecule has 0 atom stereocenters. The number of benzene rings is 3. The van der Waals surface area contributed by atoms with Crippen LogP contribution in [0.25, 0.3) is 22.3 Å². The number of hydrogen-bond donors (Lipinski definition) is 0. The van der Waals surface area contributed by atoms with Gasteiger partial charge in [0.05, 0.1) is 0 Å². The molecule has 150 valence electrons. The van der Waals surface area contributed by atoms with E-state index in [9.17, 15) is 8.78 Å². The van der Waals surface area contributed by atoms with Crippen LogP contribution in [0.15, 0.2) is 54.6 Å². The minimum Gasteiger partial charge on any atom is -0.207 e. The summed E-state index contributed by atoms with van der Waals surface area (Å²) in [6.45, 7) is 5.93. The molecule has 1 fully saturated rings. The Labute approximate surface area is 172 Å². The summed E-state index contributed by atoms with van der Waals surface area (Å²) in [5.41, 5.74) is 5.70. The van der Waals surface area contributed by atoms with E-state index in [0.29, 0.717) is 22.6 Å². The lowest BCUT2D eigenvalue weighted by Gasteiger charge is -2.26. The van der Waals surface area contributed by atoms with Crippen molar-refractivity contribution in [2.75, 3.05) is 0 Å². The maximum absolute atomic E-state index is 14.9. The molecule has 4 rings (SSSR count). The van der Waals surface area contributed by atoms with Gasteiger partial charge in [-0.3, -0.25) is 0 Å². The Morgan fingerprint density at radius 1 is 0.690 bits per heavy atom. The Morgan fingerprint density at radius 3 is 1.93 bits per heavy atom. The van der Waals surface area contributed by atoms with Gasteiger partial charge in [0, 0.05) is 5.56 Å². The van der Waals surface area contributed by atoms with E-state index in [1.165, 1.54) is 37.3 Å². The van der Waals surface area contributed by atoms with Crippen LogP contribution in [0.5, 0.6) is 0 Å². The maximum Gasteiger partial charge on any atom is 0.131 e. The second-order valence-corrected chi connectivity index (χ2v) is 8.67. The standard InChI is InChI=1S/C27H28F2/c1-17-4-6-20(7-5-17)21-8-10-22(11-9-21)23-12-13-25(27(29)15-23)24-14-18(2)19(3)26(28)16-24/h8-17,20H,4-7H2,1-3H3. The molecule has 0 unspecified atom stereocenters.